The highest BCUT2D eigenvalue weighted by atomic mass is 35.5. The topological polar surface area (TPSA) is 34.2 Å². The Morgan fingerprint density at radius 2 is 2.58 bits per heavy atom. The molecule has 0 atom stereocenters. The van der Waals surface area contributed by atoms with Gasteiger partial charge >= 0.3 is 0 Å². The minimum Gasteiger partial charge on any atom is -0.378 e. The molecule has 2 rings (SSSR count). The summed E-state index contributed by atoms with van der Waals surface area (Å²) in [4.78, 5) is 4.13. The lowest BCUT2D eigenvalue weighted by Gasteiger charge is -2.26. The second kappa shape index (κ2) is 3.70. The fraction of sp³-hybridized carbons (Fsp3) is 0.571. The van der Waals surface area contributed by atoms with Gasteiger partial charge in [0.2, 0.25) is 0 Å². The van der Waals surface area contributed by atoms with Crippen molar-refractivity contribution in [1.82, 2.24) is 10.3 Å². The summed E-state index contributed by atoms with van der Waals surface area (Å²) in [6.45, 7) is 2.43. The molecule has 1 fully saturated rings. The summed E-state index contributed by atoms with van der Waals surface area (Å²) < 4.78 is 5.77. The average molecular weight is 205 g/mol. The maximum absolute atomic E-state index is 5.73. The first-order chi connectivity index (χ1) is 5.84. The molecule has 2 heterocycles. The fourth-order valence-electron chi connectivity index (χ4n) is 0.955. The Labute approximate surface area is 79.7 Å². The third-order valence-corrected chi connectivity index (χ3v) is 2.82. The van der Waals surface area contributed by atoms with Crippen molar-refractivity contribution in [3.05, 3.63) is 15.5 Å². The predicted octanol–water partition coefficient (Wildman–Crippen LogP) is 1.28. The SMILES string of the molecule is Clc1cnc(CNC2COC2)s1. The van der Waals surface area contributed by atoms with Crippen molar-refractivity contribution in [2.75, 3.05) is 13.2 Å². The third-order valence-electron chi connectivity index (χ3n) is 1.71. The van der Waals surface area contributed by atoms with Crippen molar-refractivity contribution in [2.24, 2.45) is 0 Å². The molecular formula is C7H9ClN2OS. The lowest BCUT2D eigenvalue weighted by atomic mass is 10.2. The van der Waals surface area contributed by atoms with Crippen LogP contribution in [0, 0.1) is 0 Å². The first-order valence-corrected chi connectivity index (χ1v) is 4.95. The standard InChI is InChI=1S/C7H9ClN2OS/c8-6-1-10-7(12-6)2-9-5-3-11-4-5/h1,5,9H,2-4H2. The van der Waals surface area contributed by atoms with Crippen LogP contribution in [-0.2, 0) is 11.3 Å². The molecule has 1 aliphatic heterocycles. The second-order valence-electron chi connectivity index (χ2n) is 2.67. The largest absolute Gasteiger partial charge is 0.378 e. The molecule has 3 nitrogen and oxygen atoms in total. The predicted molar refractivity (Wildman–Crippen MR) is 48.6 cm³/mol. The molecule has 0 aromatic carbocycles. The van der Waals surface area contributed by atoms with Gasteiger partial charge in [0.05, 0.1) is 25.5 Å². The van der Waals surface area contributed by atoms with Crippen molar-refractivity contribution in [2.45, 2.75) is 12.6 Å². The molecule has 1 aromatic heterocycles. The molecule has 0 radical (unpaired) electrons. The zero-order valence-corrected chi connectivity index (χ0v) is 7.99. The van der Waals surface area contributed by atoms with Gasteiger partial charge in [-0.25, -0.2) is 4.98 Å². The number of halogens is 1. The normalized spacial score (nSPS) is 17.8. The number of hydrogen-bond acceptors (Lipinski definition) is 4. The van der Waals surface area contributed by atoms with Crippen LogP contribution in [0.3, 0.4) is 0 Å². The van der Waals surface area contributed by atoms with E-state index < -0.39 is 0 Å². The van der Waals surface area contributed by atoms with Crippen molar-refractivity contribution in [3.63, 3.8) is 0 Å². The molecule has 0 saturated carbocycles. The maximum Gasteiger partial charge on any atom is 0.113 e. The van der Waals surface area contributed by atoms with E-state index in [0.717, 1.165) is 29.1 Å². The van der Waals surface area contributed by atoms with E-state index in [4.69, 9.17) is 16.3 Å². The van der Waals surface area contributed by atoms with Gasteiger partial charge in [-0.3, -0.25) is 0 Å². The van der Waals surface area contributed by atoms with Gasteiger partial charge in [0.1, 0.15) is 9.34 Å². The van der Waals surface area contributed by atoms with Crippen LogP contribution in [0.2, 0.25) is 4.34 Å². The van der Waals surface area contributed by atoms with Crippen molar-refractivity contribution < 1.29 is 4.74 Å². The van der Waals surface area contributed by atoms with Gasteiger partial charge in [0.15, 0.2) is 0 Å². The monoisotopic (exact) mass is 204 g/mol. The van der Waals surface area contributed by atoms with Crippen LogP contribution in [0.15, 0.2) is 6.20 Å². The molecule has 0 bridgehead atoms. The van der Waals surface area contributed by atoms with Gasteiger partial charge in [0.25, 0.3) is 0 Å². The highest BCUT2D eigenvalue weighted by molar-refractivity contribution is 7.15. The van der Waals surface area contributed by atoms with Gasteiger partial charge in [0, 0.05) is 6.54 Å². The summed E-state index contributed by atoms with van der Waals surface area (Å²) in [7, 11) is 0. The zero-order chi connectivity index (χ0) is 8.39. The number of thiazole rings is 1. The van der Waals surface area contributed by atoms with E-state index in [0.29, 0.717) is 6.04 Å². The molecule has 0 aliphatic carbocycles. The van der Waals surface area contributed by atoms with Crippen molar-refractivity contribution in [1.29, 1.82) is 0 Å². The molecule has 1 N–H and O–H groups in total. The Morgan fingerprint density at radius 3 is 3.08 bits per heavy atom. The quantitative estimate of drug-likeness (QED) is 0.806. The summed E-state index contributed by atoms with van der Waals surface area (Å²) in [5.74, 6) is 0. The van der Waals surface area contributed by atoms with Crippen LogP contribution < -0.4 is 5.32 Å². The Balaban J connectivity index is 1.79. The lowest BCUT2D eigenvalue weighted by molar-refractivity contribution is -0.00578. The van der Waals surface area contributed by atoms with Crippen molar-refractivity contribution in [3.8, 4) is 0 Å². The molecule has 0 amide bonds. The third kappa shape index (κ3) is 1.95. The van der Waals surface area contributed by atoms with Crippen LogP contribution in [0.4, 0.5) is 0 Å². The van der Waals surface area contributed by atoms with Gasteiger partial charge in [-0.2, -0.15) is 0 Å². The molecule has 0 spiro atoms. The molecule has 12 heavy (non-hydrogen) atoms. The molecule has 66 valence electrons. The maximum atomic E-state index is 5.73. The smallest absolute Gasteiger partial charge is 0.113 e. The van der Waals surface area contributed by atoms with Gasteiger partial charge in [-0.1, -0.05) is 11.6 Å². The average Bonchev–Trinajstić information content (AvgIpc) is 2.32. The number of aromatic nitrogens is 1. The van der Waals surface area contributed by atoms with E-state index in [9.17, 15) is 0 Å². The van der Waals surface area contributed by atoms with E-state index in [1.54, 1.807) is 6.20 Å². The van der Waals surface area contributed by atoms with E-state index in [2.05, 4.69) is 10.3 Å². The number of rotatable bonds is 3. The first kappa shape index (κ1) is 8.44. The van der Waals surface area contributed by atoms with Crippen molar-refractivity contribution >= 4 is 22.9 Å². The minimum absolute atomic E-state index is 0.507. The Morgan fingerprint density at radius 1 is 1.75 bits per heavy atom. The van der Waals surface area contributed by atoms with E-state index in [1.165, 1.54) is 11.3 Å². The van der Waals surface area contributed by atoms with Crippen LogP contribution in [0.5, 0.6) is 0 Å². The number of nitrogens with zero attached hydrogens (tertiary/aromatic N) is 1. The van der Waals surface area contributed by atoms with Gasteiger partial charge in [-0.05, 0) is 0 Å². The summed E-state index contributed by atoms with van der Waals surface area (Å²) in [5.41, 5.74) is 0. The fourth-order valence-corrected chi connectivity index (χ4v) is 1.86. The Hall–Kier alpha value is -0.160. The van der Waals surface area contributed by atoms with E-state index in [-0.39, 0.29) is 0 Å². The zero-order valence-electron chi connectivity index (χ0n) is 6.42. The van der Waals surface area contributed by atoms with Gasteiger partial charge < -0.3 is 10.1 Å². The summed E-state index contributed by atoms with van der Waals surface area (Å²) in [6, 6.07) is 0.507. The van der Waals surface area contributed by atoms with Crippen LogP contribution >= 0.6 is 22.9 Å². The minimum atomic E-state index is 0.507. The Kier molecular flexibility index (Phi) is 2.60. The van der Waals surface area contributed by atoms with E-state index >= 15 is 0 Å². The number of hydrogen-bond donors (Lipinski definition) is 1. The highest BCUT2D eigenvalue weighted by Crippen LogP contribution is 2.18. The van der Waals surface area contributed by atoms with Crippen LogP contribution in [0.25, 0.3) is 0 Å². The van der Waals surface area contributed by atoms with Gasteiger partial charge in [-0.15, -0.1) is 11.3 Å². The number of ether oxygens (including phenoxy) is 1. The highest BCUT2D eigenvalue weighted by Gasteiger charge is 2.17. The summed E-state index contributed by atoms with van der Waals surface area (Å²) >= 11 is 7.24. The van der Waals surface area contributed by atoms with Crippen LogP contribution in [-0.4, -0.2) is 24.2 Å². The molecule has 0 unspecified atom stereocenters. The number of nitrogens with one attached hydrogen (secondary N) is 1. The first-order valence-electron chi connectivity index (χ1n) is 3.76. The van der Waals surface area contributed by atoms with Crippen LogP contribution in [0.1, 0.15) is 5.01 Å². The molecule has 1 saturated heterocycles. The summed E-state index contributed by atoms with van der Waals surface area (Å²) in [5, 5.41) is 4.35. The molecule has 5 heteroatoms. The molecular weight excluding hydrogens is 196 g/mol. The Bertz CT molecular complexity index is 262. The van der Waals surface area contributed by atoms with E-state index in [1.807, 2.05) is 0 Å². The molecule has 1 aromatic rings. The lowest BCUT2D eigenvalue weighted by Crippen LogP contribution is -2.45. The second-order valence-corrected chi connectivity index (χ2v) is 4.42. The summed E-state index contributed by atoms with van der Waals surface area (Å²) in [6.07, 6.45) is 1.68. The molecule has 1 aliphatic rings.